The van der Waals surface area contributed by atoms with Gasteiger partial charge in [0.05, 0.1) is 5.60 Å². The first-order valence-corrected chi connectivity index (χ1v) is 3.87. The smallest absolute Gasteiger partial charge is 0.209 e. The van der Waals surface area contributed by atoms with E-state index in [4.69, 9.17) is 4.74 Å². The highest BCUT2D eigenvalue weighted by atomic mass is 16.5. The average Bonchev–Trinajstić information content (AvgIpc) is 1.84. The molecule has 0 saturated carbocycles. The summed E-state index contributed by atoms with van der Waals surface area (Å²) in [6.07, 6.45) is 1.29. The first kappa shape index (κ1) is 10.4. The van der Waals surface area contributed by atoms with Crippen LogP contribution in [-0.2, 0) is 9.53 Å². The van der Waals surface area contributed by atoms with Crippen LogP contribution in [0.5, 0.6) is 0 Å². The summed E-state index contributed by atoms with van der Waals surface area (Å²) < 4.78 is 5.48. The molecule has 0 spiro atoms. The first-order chi connectivity index (χ1) is 4.99. The van der Waals surface area contributed by atoms with E-state index in [2.05, 4.69) is 5.32 Å². The van der Waals surface area contributed by atoms with Gasteiger partial charge in [-0.2, -0.15) is 0 Å². The molecule has 1 amide bonds. The van der Waals surface area contributed by atoms with E-state index in [9.17, 15) is 4.79 Å². The van der Waals surface area contributed by atoms with E-state index in [0.717, 1.165) is 6.42 Å². The van der Waals surface area contributed by atoms with E-state index in [0.29, 0.717) is 6.41 Å². The number of rotatable bonds is 4. The van der Waals surface area contributed by atoms with Gasteiger partial charge in [-0.25, -0.2) is 0 Å². The lowest BCUT2D eigenvalue weighted by Gasteiger charge is -2.26. The summed E-state index contributed by atoms with van der Waals surface area (Å²) in [6, 6.07) is 0. The fourth-order valence-electron chi connectivity index (χ4n) is 0.738. The van der Waals surface area contributed by atoms with E-state index < -0.39 is 0 Å². The van der Waals surface area contributed by atoms with E-state index in [1.54, 1.807) is 0 Å². The predicted octanol–water partition coefficient (Wildman–Crippen LogP) is 1.28. The molecule has 0 radical (unpaired) electrons. The van der Waals surface area contributed by atoms with Crippen LogP contribution in [0.1, 0.15) is 34.1 Å². The number of carbonyl (C=O) groups excluding carboxylic acids is 1. The Labute approximate surface area is 68.1 Å². The van der Waals surface area contributed by atoms with Crippen molar-refractivity contribution < 1.29 is 9.53 Å². The zero-order chi connectivity index (χ0) is 8.91. The van der Waals surface area contributed by atoms with E-state index in [-0.39, 0.29) is 11.8 Å². The highest BCUT2D eigenvalue weighted by Crippen LogP contribution is 2.10. The van der Waals surface area contributed by atoms with Gasteiger partial charge in [-0.15, -0.1) is 0 Å². The number of ether oxygens (including phenoxy) is 1. The van der Waals surface area contributed by atoms with Gasteiger partial charge in [0.1, 0.15) is 6.23 Å². The van der Waals surface area contributed by atoms with Crippen LogP contribution in [0.15, 0.2) is 0 Å². The van der Waals surface area contributed by atoms with Gasteiger partial charge in [0.2, 0.25) is 6.41 Å². The monoisotopic (exact) mass is 159 g/mol. The molecular weight excluding hydrogens is 142 g/mol. The lowest BCUT2D eigenvalue weighted by molar-refractivity contribution is -0.119. The van der Waals surface area contributed by atoms with Crippen molar-refractivity contribution in [2.24, 2.45) is 0 Å². The molecule has 1 N–H and O–H groups in total. The van der Waals surface area contributed by atoms with Crippen LogP contribution in [-0.4, -0.2) is 18.2 Å². The number of carbonyl (C=O) groups is 1. The summed E-state index contributed by atoms with van der Waals surface area (Å²) in [6.45, 7) is 7.85. The fraction of sp³-hybridized carbons (Fsp3) is 0.875. The quantitative estimate of drug-likeness (QED) is 0.495. The number of amides is 1. The summed E-state index contributed by atoms with van der Waals surface area (Å²) in [5.41, 5.74) is -0.198. The van der Waals surface area contributed by atoms with Gasteiger partial charge < -0.3 is 10.1 Å². The Morgan fingerprint density at radius 3 is 2.36 bits per heavy atom. The molecule has 0 aromatic heterocycles. The molecule has 0 aliphatic heterocycles. The molecule has 1 atom stereocenters. The van der Waals surface area contributed by atoms with Crippen molar-refractivity contribution in [3.8, 4) is 0 Å². The highest BCUT2D eigenvalue weighted by Gasteiger charge is 2.15. The molecule has 0 heterocycles. The molecule has 0 aromatic carbocycles. The minimum Gasteiger partial charge on any atom is -0.353 e. The van der Waals surface area contributed by atoms with Crippen LogP contribution >= 0.6 is 0 Å². The van der Waals surface area contributed by atoms with E-state index in [1.807, 2.05) is 27.7 Å². The molecule has 0 aliphatic rings. The average molecular weight is 159 g/mol. The molecule has 3 heteroatoms. The number of hydrogen-bond donors (Lipinski definition) is 1. The Kier molecular flexibility index (Phi) is 4.11. The van der Waals surface area contributed by atoms with Crippen LogP contribution in [0.3, 0.4) is 0 Å². The Balaban J connectivity index is 3.77. The largest absolute Gasteiger partial charge is 0.353 e. The SMILES string of the molecule is CCC(NC=O)OC(C)(C)C. The molecule has 0 bridgehead atoms. The van der Waals surface area contributed by atoms with Crippen LogP contribution in [0, 0.1) is 0 Å². The molecule has 1 unspecified atom stereocenters. The Bertz CT molecular complexity index is 118. The molecule has 0 aliphatic carbocycles. The normalized spacial score (nSPS) is 14.2. The van der Waals surface area contributed by atoms with Crippen molar-refractivity contribution in [2.45, 2.75) is 45.9 Å². The second-order valence-corrected chi connectivity index (χ2v) is 3.41. The molecule has 0 aromatic rings. The molecular formula is C8H17NO2. The van der Waals surface area contributed by atoms with Gasteiger partial charge >= 0.3 is 0 Å². The van der Waals surface area contributed by atoms with Gasteiger partial charge in [0.25, 0.3) is 0 Å². The molecule has 0 saturated heterocycles. The maximum Gasteiger partial charge on any atom is 0.209 e. The van der Waals surface area contributed by atoms with Crippen molar-refractivity contribution in [2.75, 3.05) is 0 Å². The van der Waals surface area contributed by atoms with E-state index in [1.165, 1.54) is 0 Å². The third-order valence-electron chi connectivity index (χ3n) is 1.12. The van der Waals surface area contributed by atoms with Crippen LogP contribution in [0.2, 0.25) is 0 Å². The van der Waals surface area contributed by atoms with Crippen molar-refractivity contribution >= 4 is 6.41 Å². The topological polar surface area (TPSA) is 38.3 Å². The van der Waals surface area contributed by atoms with Crippen molar-refractivity contribution in [3.63, 3.8) is 0 Å². The minimum absolute atomic E-state index is 0.160. The van der Waals surface area contributed by atoms with Crippen molar-refractivity contribution in [1.29, 1.82) is 0 Å². The maximum absolute atomic E-state index is 10.1. The Morgan fingerprint density at radius 2 is 2.09 bits per heavy atom. The minimum atomic E-state index is -0.198. The van der Waals surface area contributed by atoms with Crippen LogP contribution in [0.25, 0.3) is 0 Å². The zero-order valence-electron chi connectivity index (χ0n) is 7.68. The van der Waals surface area contributed by atoms with Crippen LogP contribution in [0.4, 0.5) is 0 Å². The molecule has 0 fully saturated rings. The number of hydrogen-bond acceptors (Lipinski definition) is 2. The van der Waals surface area contributed by atoms with E-state index >= 15 is 0 Å². The zero-order valence-corrected chi connectivity index (χ0v) is 7.68. The van der Waals surface area contributed by atoms with Crippen molar-refractivity contribution in [3.05, 3.63) is 0 Å². The summed E-state index contributed by atoms with van der Waals surface area (Å²) in [5.74, 6) is 0. The molecule has 0 rings (SSSR count). The fourth-order valence-corrected chi connectivity index (χ4v) is 0.738. The summed E-state index contributed by atoms with van der Waals surface area (Å²) in [5, 5.41) is 2.59. The third kappa shape index (κ3) is 5.85. The Morgan fingerprint density at radius 1 is 1.55 bits per heavy atom. The van der Waals surface area contributed by atoms with Gasteiger partial charge in [0.15, 0.2) is 0 Å². The van der Waals surface area contributed by atoms with Gasteiger partial charge in [-0.05, 0) is 27.2 Å². The molecule has 3 nitrogen and oxygen atoms in total. The second kappa shape index (κ2) is 4.34. The van der Waals surface area contributed by atoms with Gasteiger partial charge in [0, 0.05) is 0 Å². The first-order valence-electron chi connectivity index (χ1n) is 3.87. The van der Waals surface area contributed by atoms with Crippen LogP contribution < -0.4 is 5.32 Å². The second-order valence-electron chi connectivity index (χ2n) is 3.41. The summed E-state index contributed by atoms with van der Waals surface area (Å²) in [4.78, 5) is 10.1. The Hall–Kier alpha value is -0.570. The lowest BCUT2D eigenvalue weighted by atomic mass is 10.2. The standard InChI is InChI=1S/C8H17NO2/c1-5-7(9-6-10)11-8(2,3)4/h6-7H,5H2,1-4H3,(H,9,10). The highest BCUT2D eigenvalue weighted by molar-refractivity contribution is 5.46. The lowest BCUT2D eigenvalue weighted by Crippen LogP contribution is -2.36. The molecule has 66 valence electrons. The third-order valence-corrected chi connectivity index (χ3v) is 1.12. The van der Waals surface area contributed by atoms with Gasteiger partial charge in [-0.1, -0.05) is 6.92 Å². The maximum atomic E-state index is 10.1. The summed E-state index contributed by atoms with van der Waals surface area (Å²) >= 11 is 0. The molecule has 11 heavy (non-hydrogen) atoms. The van der Waals surface area contributed by atoms with Crippen molar-refractivity contribution in [1.82, 2.24) is 5.32 Å². The predicted molar refractivity (Wildman–Crippen MR) is 44.1 cm³/mol. The summed E-state index contributed by atoms with van der Waals surface area (Å²) in [7, 11) is 0. The van der Waals surface area contributed by atoms with Gasteiger partial charge in [-0.3, -0.25) is 4.79 Å². The number of nitrogens with one attached hydrogen (secondary N) is 1.